The highest BCUT2D eigenvalue weighted by Crippen LogP contribution is 2.32. The van der Waals surface area contributed by atoms with Crippen LogP contribution in [0.25, 0.3) is 0 Å². The topological polar surface area (TPSA) is 29.5 Å². The average Bonchev–Trinajstić information content (AvgIpc) is 2.90. The fourth-order valence-electron chi connectivity index (χ4n) is 2.27. The highest BCUT2D eigenvalue weighted by atomic mass is 16.5. The number of nitrogens with zero attached hydrogens (tertiary/aromatic N) is 1. The quantitative estimate of drug-likeness (QED) is 0.749. The van der Waals surface area contributed by atoms with Crippen molar-refractivity contribution >= 4 is 11.5 Å². The lowest BCUT2D eigenvalue weighted by atomic mass is 10.1. The first-order valence-corrected chi connectivity index (χ1v) is 6.22. The summed E-state index contributed by atoms with van der Waals surface area (Å²) in [5.74, 6) is 1.05. The van der Waals surface area contributed by atoms with Crippen LogP contribution in [0.2, 0.25) is 0 Å². The van der Waals surface area contributed by atoms with Gasteiger partial charge in [0.2, 0.25) is 0 Å². The number of carbonyl (C=O) groups excluding carboxylic acids is 1. The van der Waals surface area contributed by atoms with E-state index in [1.165, 1.54) is 12.8 Å². The van der Waals surface area contributed by atoms with Gasteiger partial charge in [-0.3, -0.25) is 4.79 Å². The lowest BCUT2D eigenvalue weighted by molar-refractivity contribution is 0.0988. The Balaban J connectivity index is 2.35. The number of Topliss-reactive ketones (excluding diaryl/α,β-unsaturated/α-hetero) is 1. The Morgan fingerprint density at radius 2 is 2.06 bits per heavy atom. The summed E-state index contributed by atoms with van der Waals surface area (Å²) in [7, 11) is 1.68. The molecule has 0 aliphatic carbocycles. The fraction of sp³-hybridized carbons (Fsp3) is 0.500. The van der Waals surface area contributed by atoms with Crippen molar-refractivity contribution in [3.63, 3.8) is 0 Å². The van der Waals surface area contributed by atoms with Crippen LogP contribution in [-0.4, -0.2) is 26.0 Å². The molecule has 0 unspecified atom stereocenters. The normalized spacial score (nSPS) is 15.1. The van der Waals surface area contributed by atoms with Gasteiger partial charge in [0.05, 0.1) is 12.8 Å². The summed E-state index contributed by atoms with van der Waals surface area (Å²) in [4.78, 5) is 14.0. The van der Waals surface area contributed by atoms with Gasteiger partial charge in [0.25, 0.3) is 0 Å². The Morgan fingerprint density at radius 3 is 2.65 bits per heavy atom. The third-order valence-corrected chi connectivity index (χ3v) is 3.27. The van der Waals surface area contributed by atoms with Crippen LogP contribution in [0.4, 0.5) is 5.69 Å². The number of methoxy groups -OCH3 is 1. The molecule has 0 bridgehead atoms. The predicted molar refractivity (Wildman–Crippen MR) is 69.1 cm³/mol. The van der Waals surface area contributed by atoms with Crippen LogP contribution in [0.3, 0.4) is 0 Å². The van der Waals surface area contributed by atoms with E-state index in [2.05, 4.69) is 4.90 Å². The first kappa shape index (κ1) is 12.0. The Kier molecular flexibility index (Phi) is 3.67. The SMILES string of the molecule is CCC(=O)c1ccc(OC)c(N2CCCC2)c1. The van der Waals surface area contributed by atoms with Crippen molar-refractivity contribution in [1.29, 1.82) is 0 Å². The van der Waals surface area contributed by atoms with E-state index in [9.17, 15) is 4.79 Å². The molecule has 0 atom stereocenters. The second kappa shape index (κ2) is 5.21. The fourth-order valence-corrected chi connectivity index (χ4v) is 2.27. The molecular weight excluding hydrogens is 214 g/mol. The molecule has 3 nitrogen and oxygen atoms in total. The molecule has 0 saturated carbocycles. The number of hydrogen-bond acceptors (Lipinski definition) is 3. The monoisotopic (exact) mass is 233 g/mol. The van der Waals surface area contributed by atoms with Crippen LogP contribution in [-0.2, 0) is 0 Å². The maximum absolute atomic E-state index is 11.7. The van der Waals surface area contributed by atoms with Crippen LogP contribution in [0, 0.1) is 0 Å². The van der Waals surface area contributed by atoms with Crippen LogP contribution >= 0.6 is 0 Å². The maximum atomic E-state index is 11.7. The lowest BCUT2D eigenvalue weighted by Crippen LogP contribution is -2.19. The summed E-state index contributed by atoms with van der Waals surface area (Å²) in [6.45, 7) is 4.00. The Morgan fingerprint density at radius 1 is 1.35 bits per heavy atom. The molecule has 1 aliphatic rings. The van der Waals surface area contributed by atoms with Gasteiger partial charge in [0.15, 0.2) is 5.78 Å². The third-order valence-electron chi connectivity index (χ3n) is 3.27. The van der Waals surface area contributed by atoms with Crippen molar-refractivity contribution in [2.24, 2.45) is 0 Å². The molecule has 0 spiro atoms. The first-order chi connectivity index (χ1) is 8.26. The minimum Gasteiger partial charge on any atom is -0.495 e. The average molecular weight is 233 g/mol. The molecule has 1 heterocycles. The number of benzene rings is 1. The predicted octanol–water partition coefficient (Wildman–Crippen LogP) is 2.89. The minimum absolute atomic E-state index is 0.188. The summed E-state index contributed by atoms with van der Waals surface area (Å²) in [6.07, 6.45) is 2.98. The Hall–Kier alpha value is -1.51. The highest BCUT2D eigenvalue weighted by Gasteiger charge is 2.17. The van der Waals surface area contributed by atoms with Gasteiger partial charge >= 0.3 is 0 Å². The minimum atomic E-state index is 0.188. The number of anilines is 1. The number of hydrogen-bond donors (Lipinski definition) is 0. The van der Waals surface area contributed by atoms with Gasteiger partial charge in [-0.1, -0.05) is 6.92 Å². The van der Waals surface area contributed by atoms with Gasteiger partial charge < -0.3 is 9.64 Å². The van der Waals surface area contributed by atoms with Gasteiger partial charge in [-0.2, -0.15) is 0 Å². The van der Waals surface area contributed by atoms with E-state index in [-0.39, 0.29) is 5.78 Å². The second-order valence-corrected chi connectivity index (χ2v) is 4.36. The number of ether oxygens (including phenoxy) is 1. The Bertz CT molecular complexity index is 409. The van der Waals surface area contributed by atoms with Gasteiger partial charge in [-0.05, 0) is 31.0 Å². The molecule has 1 fully saturated rings. The van der Waals surface area contributed by atoms with Crippen LogP contribution in [0.5, 0.6) is 5.75 Å². The molecular formula is C14H19NO2. The smallest absolute Gasteiger partial charge is 0.162 e. The van der Waals surface area contributed by atoms with Gasteiger partial charge in [0.1, 0.15) is 5.75 Å². The van der Waals surface area contributed by atoms with E-state index < -0.39 is 0 Å². The van der Waals surface area contributed by atoms with E-state index in [0.29, 0.717) is 6.42 Å². The molecule has 1 aromatic rings. The zero-order valence-electron chi connectivity index (χ0n) is 10.5. The third kappa shape index (κ3) is 2.43. The largest absolute Gasteiger partial charge is 0.495 e. The van der Waals surface area contributed by atoms with E-state index >= 15 is 0 Å². The lowest BCUT2D eigenvalue weighted by Gasteiger charge is -2.21. The van der Waals surface area contributed by atoms with Crippen molar-refractivity contribution in [2.75, 3.05) is 25.1 Å². The number of carbonyl (C=O) groups is 1. The second-order valence-electron chi connectivity index (χ2n) is 4.36. The van der Waals surface area contributed by atoms with Crippen molar-refractivity contribution in [3.8, 4) is 5.75 Å². The van der Waals surface area contributed by atoms with Crippen LogP contribution in [0.1, 0.15) is 36.5 Å². The summed E-state index contributed by atoms with van der Waals surface area (Å²) in [5, 5.41) is 0. The van der Waals surface area contributed by atoms with Crippen molar-refractivity contribution in [2.45, 2.75) is 26.2 Å². The van der Waals surface area contributed by atoms with Gasteiger partial charge in [-0.25, -0.2) is 0 Å². The zero-order chi connectivity index (χ0) is 12.3. The molecule has 0 amide bonds. The standard InChI is InChI=1S/C14H19NO2/c1-3-13(16)11-6-7-14(17-2)12(10-11)15-8-4-5-9-15/h6-7,10H,3-5,8-9H2,1-2H3. The summed E-state index contributed by atoms with van der Waals surface area (Å²) in [6, 6.07) is 5.72. The number of rotatable bonds is 4. The zero-order valence-corrected chi connectivity index (χ0v) is 10.5. The molecule has 1 aliphatic heterocycles. The van der Waals surface area contributed by atoms with Crippen molar-refractivity contribution in [3.05, 3.63) is 23.8 Å². The summed E-state index contributed by atoms with van der Waals surface area (Å²) in [5.41, 5.74) is 1.85. The van der Waals surface area contributed by atoms with E-state index in [1.54, 1.807) is 7.11 Å². The van der Waals surface area contributed by atoms with Crippen molar-refractivity contribution in [1.82, 2.24) is 0 Å². The molecule has 1 aromatic carbocycles. The number of ketones is 1. The Labute approximate surface area is 102 Å². The highest BCUT2D eigenvalue weighted by molar-refractivity contribution is 5.97. The van der Waals surface area contributed by atoms with E-state index in [0.717, 1.165) is 30.1 Å². The molecule has 17 heavy (non-hydrogen) atoms. The molecule has 0 aromatic heterocycles. The molecule has 92 valence electrons. The summed E-state index contributed by atoms with van der Waals surface area (Å²) >= 11 is 0. The van der Waals surface area contributed by atoms with E-state index in [4.69, 9.17) is 4.74 Å². The van der Waals surface area contributed by atoms with Crippen LogP contribution in [0.15, 0.2) is 18.2 Å². The molecule has 2 rings (SSSR count). The van der Waals surface area contributed by atoms with Crippen LogP contribution < -0.4 is 9.64 Å². The van der Waals surface area contributed by atoms with Crippen molar-refractivity contribution < 1.29 is 9.53 Å². The molecule has 0 radical (unpaired) electrons. The molecule has 3 heteroatoms. The molecule has 1 saturated heterocycles. The van der Waals surface area contributed by atoms with Gasteiger partial charge in [0, 0.05) is 25.1 Å². The van der Waals surface area contributed by atoms with E-state index in [1.807, 2.05) is 25.1 Å². The van der Waals surface area contributed by atoms with Gasteiger partial charge in [-0.15, -0.1) is 0 Å². The summed E-state index contributed by atoms with van der Waals surface area (Å²) < 4.78 is 5.37. The molecule has 0 N–H and O–H groups in total. The first-order valence-electron chi connectivity index (χ1n) is 6.22. The maximum Gasteiger partial charge on any atom is 0.162 e.